The molecule has 0 bridgehead atoms. The molecule has 110 valence electrons. The zero-order valence-electron chi connectivity index (χ0n) is 12.2. The summed E-state index contributed by atoms with van der Waals surface area (Å²) in [6, 6.07) is 0. The first kappa shape index (κ1) is 13.5. The van der Waals surface area contributed by atoms with Gasteiger partial charge < -0.3 is 19.2 Å². The van der Waals surface area contributed by atoms with Crippen LogP contribution in [0, 0.1) is 11.1 Å². The topological polar surface area (TPSA) is 49.5 Å². The third-order valence-electron chi connectivity index (χ3n) is 4.00. The molecule has 2 heterocycles. The second-order valence-corrected chi connectivity index (χ2v) is 5.16. The van der Waals surface area contributed by atoms with Crippen LogP contribution in [0.2, 0.25) is 0 Å². The van der Waals surface area contributed by atoms with Gasteiger partial charge in [0.15, 0.2) is 22.9 Å². The molecule has 0 unspecified atom stereocenters. The van der Waals surface area contributed by atoms with Crippen LogP contribution in [0.3, 0.4) is 0 Å². The Labute approximate surface area is 123 Å². The minimum absolute atomic E-state index is 0.125. The van der Waals surface area contributed by atoms with E-state index < -0.39 is 0 Å². The smallest absolute Gasteiger partial charge is 0.208 e. The van der Waals surface area contributed by atoms with Crippen molar-refractivity contribution in [3.05, 3.63) is 53.2 Å². The van der Waals surface area contributed by atoms with E-state index in [9.17, 15) is 5.21 Å². The van der Waals surface area contributed by atoms with Gasteiger partial charge in [-0.25, -0.2) is 0 Å². The first-order valence-electron chi connectivity index (χ1n) is 6.83. The van der Waals surface area contributed by atoms with Gasteiger partial charge in [-0.3, -0.25) is 0 Å². The molecule has 1 aromatic rings. The largest absolute Gasteiger partial charge is 0.618 e. The van der Waals surface area contributed by atoms with Crippen LogP contribution in [-0.4, -0.2) is 29.7 Å². The van der Waals surface area contributed by atoms with Crippen molar-refractivity contribution < 1.29 is 14.2 Å². The van der Waals surface area contributed by atoms with Crippen molar-refractivity contribution in [3.63, 3.8) is 0 Å². The molecule has 0 amide bonds. The lowest BCUT2D eigenvalue weighted by atomic mass is 9.91. The molecule has 1 aliphatic heterocycles. The lowest BCUT2D eigenvalue weighted by Gasteiger charge is -2.20. The highest BCUT2D eigenvalue weighted by molar-refractivity contribution is 5.81. The fourth-order valence-corrected chi connectivity index (χ4v) is 2.93. The van der Waals surface area contributed by atoms with Gasteiger partial charge in [-0.2, -0.15) is 4.74 Å². The number of rotatable bonds is 3. The summed E-state index contributed by atoms with van der Waals surface area (Å²) in [6.07, 6.45) is 9.92. The summed E-state index contributed by atoms with van der Waals surface area (Å²) >= 11 is 0. The van der Waals surface area contributed by atoms with Crippen LogP contribution < -0.4 is 9.47 Å². The van der Waals surface area contributed by atoms with Gasteiger partial charge in [-0.15, -0.1) is 0 Å². The summed E-state index contributed by atoms with van der Waals surface area (Å²) in [5, 5.41) is 12.4. The van der Waals surface area contributed by atoms with Crippen LogP contribution in [0.5, 0.6) is 11.5 Å². The zero-order valence-corrected chi connectivity index (χ0v) is 12.2. The molecule has 0 aromatic carbocycles. The summed E-state index contributed by atoms with van der Waals surface area (Å²) in [4.78, 5) is 0. The summed E-state index contributed by atoms with van der Waals surface area (Å²) in [5.74, 6) is 1.36. The molecule has 5 nitrogen and oxygen atoms in total. The third kappa shape index (κ3) is 2.14. The van der Waals surface area contributed by atoms with Crippen molar-refractivity contribution >= 4 is 6.21 Å². The maximum absolute atomic E-state index is 12.4. The fourth-order valence-electron chi connectivity index (χ4n) is 2.93. The van der Waals surface area contributed by atoms with Crippen LogP contribution in [-0.2, 0) is 6.54 Å². The van der Waals surface area contributed by atoms with Crippen LogP contribution in [0.1, 0.15) is 12.1 Å². The lowest BCUT2D eigenvalue weighted by Crippen LogP contribution is -2.18. The molecule has 0 saturated heterocycles. The molecule has 3 rings (SSSR count). The van der Waals surface area contributed by atoms with E-state index in [1.54, 1.807) is 20.4 Å². The molecular formula is C16H18N2O3. The first-order chi connectivity index (χ1) is 10.2. The molecular weight excluding hydrogens is 268 g/mol. The van der Waals surface area contributed by atoms with E-state index in [4.69, 9.17) is 9.47 Å². The van der Waals surface area contributed by atoms with Crippen LogP contribution in [0.4, 0.5) is 0 Å². The first-order valence-corrected chi connectivity index (χ1v) is 6.83. The highest BCUT2D eigenvalue weighted by Crippen LogP contribution is 2.37. The van der Waals surface area contributed by atoms with Crippen molar-refractivity contribution in [2.45, 2.75) is 13.0 Å². The number of methoxy groups -OCH3 is 2. The van der Waals surface area contributed by atoms with Crippen molar-refractivity contribution in [3.8, 4) is 11.5 Å². The number of allylic oxidation sites excluding steroid dienone is 5. The predicted molar refractivity (Wildman–Crippen MR) is 80.8 cm³/mol. The molecule has 1 aliphatic carbocycles. The van der Waals surface area contributed by atoms with Gasteiger partial charge in [-0.05, 0) is 12.0 Å². The second-order valence-electron chi connectivity index (χ2n) is 5.16. The average molecular weight is 286 g/mol. The number of nitrogens with zero attached hydrogens (tertiary/aromatic N) is 2. The van der Waals surface area contributed by atoms with Gasteiger partial charge in [-0.1, -0.05) is 18.7 Å². The number of fused-ring (bicyclic) bond motifs is 2. The summed E-state index contributed by atoms with van der Waals surface area (Å²) in [6.45, 7) is 4.52. The molecule has 0 spiro atoms. The minimum Gasteiger partial charge on any atom is -0.618 e. The molecule has 2 aliphatic rings. The lowest BCUT2D eigenvalue weighted by molar-refractivity contribution is -0.404. The standard InChI is InChI=1S/C16H18N2O3/c1-4-11-5-6-13-12(7-11)8-17-10-15(20-2)16(21-3)14(17)9-18(13)19/h4-6,9-10,12H,1,7-8H2,2-3H3/t12-/m0/s1. The molecule has 1 atom stereocenters. The maximum Gasteiger partial charge on any atom is 0.208 e. The quantitative estimate of drug-likeness (QED) is 0.633. The number of hydroxylamine groups is 1. The molecule has 21 heavy (non-hydrogen) atoms. The van der Waals surface area contributed by atoms with Gasteiger partial charge in [0.2, 0.25) is 6.21 Å². The van der Waals surface area contributed by atoms with E-state index in [-0.39, 0.29) is 5.92 Å². The second kappa shape index (κ2) is 5.16. The Bertz CT molecular complexity index is 680. The van der Waals surface area contributed by atoms with E-state index in [0.29, 0.717) is 18.0 Å². The minimum atomic E-state index is 0.125. The van der Waals surface area contributed by atoms with Gasteiger partial charge in [0.05, 0.1) is 26.3 Å². The summed E-state index contributed by atoms with van der Waals surface area (Å²) < 4.78 is 13.6. The zero-order chi connectivity index (χ0) is 15.0. The van der Waals surface area contributed by atoms with Gasteiger partial charge in [0.1, 0.15) is 0 Å². The summed E-state index contributed by atoms with van der Waals surface area (Å²) in [5.41, 5.74) is 2.65. The molecule has 5 heteroatoms. The molecule has 0 radical (unpaired) electrons. The van der Waals surface area contributed by atoms with E-state index in [2.05, 4.69) is 6.58 Å². The predicted octanol–water partition coefficient (Wildman–Crippen LogP) is 2.46. The van der Waals surface area contributed by atoms with E-state index >= 15 is 0 Å². The molecule has 1 aromatic heterocycles. The number of ether oxygens (including phenoxy) is 2. The fraction of sp³-hybridized carbons (Fsp3) is 0.312. The van der Waals surface area contributed by atoms with Gasteiger partial charge >= 0.3 is 0 Å². The van der Waals surface area contributed by atoms with Crippen LogP contribution >= 0.6 is 0 Å². The molecule has 0 saturated carbocycles. The van der Waals surface area contributed by atoms with Crippen molar-refractivity contribution in [2.24, 2.45) is 5.92 Å². The highest BCUT2D eigenvalue weighted by atomic mass is 16.5. The van der Waals surface area contributed by atoms with E-state index in [1.807, 2.05) is 29.0 Å². The maximum atomic E-state index is 12.4. The number of aromatic nitrogens is 1. The number of hydrogen-bond donors (Lipinski definition) is 0. The van der Waals surface area contributed by atoms with Crippen molar-refractivity contribution in [1.29, 1.82) is 0 Å². The molecule has 0 N–H and O–H groups in total. The Morgan fingerprint density at radius 3 is 2.86 bits per heavy atom. The molecule has 0 fully saturated rings. The highest BCUT2D eigenvalue weighted by Gasteiger charge is 2.31. The SMILES string of the molecule is C=CC1=CC=C2[C@@H](C1)Cn1cc(OC)c(OC)c1C=[N+]2[O-]. The monoisotopic (exact) mass is 286 g/mol. The Balaban J connectivity index is 2.10. The average Bonchev–Trinajstić information content (AvgIpc) is 2.76. The Morgan fingerprint density at radius 1 is 1.38 bits per heavy atom. The van der Waals surface area contributed by atoms with Crippen molar-refractivity contribution in [2.75, 3.05) is 14.2 Å². The Hall–Kier alpha value is -2.43. The Morgan fingerprint density at radius 2 is 2.19 bits per heavy atom. The van der Waals surface area contributed by atoms with Crippen molar-refractivity contribution in [1.82, 2.24) is 4.57 Å². The van der Waals surface area contributed by atoms with E-state index in [1.165, 1.54) is 0 Å². The Kier molecular flexibility index (Phi) is 3.33. The normalized spacial score (nSPS) is 20.3. The third-order valence-corrected chi connectivity index (χ3v) is 4.00. The van der Waals surface area contributed by atoms with Gasteiger partial charge in [0.25, 0.3) is 0 Å². The number of hydrogen-bond acceptors (Lipinski definition) is 3. The van der Waals surface area contributed by atoms with Crippen LogP contribution in [0.25, 0.3) is 0 Å². The van der Waals surface area contributed by atoms with Crippen LogP contribution in [0.15, 0.2) is 42.3 Å². The van der Waals surface area contributed by atoms with E-state index in [0.717, 1.165) is 28.1 Å². The summed E-state index contributed by atoms with van der Waals surface area (Å²) in [7, 11) is 3.17. The van der Waals surface area contributed by atoms with Gasteiger partial charge in [0, 0.05) is 12.6 Å².